The molecule has 0 aromatic heterocycles. The highest BCUT2D eigenvalue weighted by Crippen LogP contribution is 2.65. The van der Waals surface area contributed by atoms with Crippen molar-refractivity contribution in [1.29, 1.82) is 0 Å². The smallest absolute Gasteiger partial charge is 0.153 e. The van der Waals surface area contributed by atoms with E-state index < -0.39 is 47.8 Å². The molecule has 7 heteroatoms. The molecule has 0 radical (unpaired) electrons. The van der Waals surface area contributed by atoms with Gasteiger partial charge in [0.2, 0.25) is 0 Å². The Morgan fingerprint density at radius 1 is 0.342 bits per heavy atom. The van der Waals surface area contributed by atoms with E-state index in [0.29, 0.717) is 5.66 Å². The summed E-state index contributed by atoms with van der Waals surface area (Å²) in [6.45, 7) is 29.5. The molecule has 0 saturated heterocycles. The van der Waals surface area contributed by atoms with Gasteiger partial charge in [-0.05, 0) is 60.6 Å². The Morgan fingerprint density at radius 3 is 0.911 bits per heavy atom. The molecule has 4 aromatic carbocycles. The van der Waals surface area contributed by atoms with Gasteiger partial charge in [-0.1, -0.05) is 371 Å². The summed E-state index contributed by atoms with van der Waals surface area (Å²) in [5.41, 5.74) is 0.612. The van der Waals surface area contributed by atoms with Crippen LogP contribution in [0.5, 0.6) is 0 Å². The van der Waals surface area contributed by atoms with Gasteiger partial charge >= 0.3 is 0 Å². The van der Waals surface area contributed by atoms with Gasteiger partial charge in [-0.15, -0.1) is 0 Å². The van der Waals surface area contributed by atoms with E-state index >= 15 is 0 Å². The minimum atomic E-state index is -2.28. The molecule has 5 rings (SSSR count). The topological polar surface area (TPSA) is 12.0 Å². The fourth-order valence-corrected chi connectivity index (χ4v) is 46.7. The molecule has 1 N–H and O–H groups in total. The lowest BCUT2D eigenvalue weighted by Gasteiger charge is -2.40. The molecule has 79 heavy (non-hydrogen) atoms. The van der Waals surface area contributed by atoms with Crippen LogP contribution in [0, 0.1) is 0 Å². The first-order valence-electron chi connectivity index (χ1n) is 34.4. The second-order valence-electron chi connectivity index (χ2n) is 25.9. The van der Waals surface area contributed by atoms with E-state index in [2.05, 4.69) is 180 Å². The van der Waals surface area contributed by atoms with Crippen molar-refractivity contribution in [3.63, 3.8) is 0 Å². The predicted molar refractivity (Wildman–Crippen MR) is 379 cm³/mol. The van der Waals surface area contributed by atoms with Crippen LogP contribution in [0.1, 0.15) is 231 Å². The van der Waals surface area contributed by atoms with Crippen molar-refractivity contribution in [3.05, 3.63) is 97.1 Å². The summed E-state index contributed by atoms with van der Waals surface area (Å²) < 4.78 is 0. The molecule has 0 bridgehead atoms. The lowest BCUT2D eigenvalue weighted by atomic mass is 10.0. The first-order chi connectivity index (χ1) is 38.5. The Labute approximate surface area is 497 Å². The third-order valence-corrected chi connectivity index (χ3v) is 50.3. The Bertz CT molecular complexity index is 2030. The van der Waals surface area contributed by atoms with Crippen molar-refractivity contribution in [2.45, 2.75) is 309 Å². The maximum absolute atomic E-state index is 5.22. The molecule has 4 aromatic rings. The minimum absolute atomic E-state index is 0.612. The van der Waals surface area contributed by atoms with Gasteiger partial charge in [0.05, 0.1) is 46.0 Å². The van der Waals surface area contributed by atoms with Crippen molar-refractivity contribution in [2.75, 3.05) is 0 Å². The molecule has 0 spiro atoms. The van der Waals surface area contributed by atoms with Crippen LogP contribution in [0.2, 0.25) is 72.5 Å². The van der Waals surface area contributed by atoms with E-state index in [1.54, 1.807) is 42.0 Å². The van der Waals surface area contributed by atoms with E-state index in [-0.39, 0.29) is 0 Å². The zero-order valence-corrected chi connectivity index (χ0v) is 59.7. The van der Waals surface area contributed by atoms with Gasteiger partial charge in [0, 0.05) is 0 Å². The van der Waals surface area contributed by atoms with E-state index in [1.807, 2.05) is 0 Å². The van der Waals surface area contributed by atoms with Crippen LogP contribution < -0.4 is 46.8 Å². The van der Waals surface area contributed by atoms with Crippen LogP contribution in [-0.2, 0) is 0 Å². The quantitative estimate of drug-likeness (QED) is 0.0345. The molecule has 1 aliphatic rings. The number of hydrogen-bond donors (Lipinski definition) is 1. The number of unbranched alkanes of at least 4 members (excludes halogenated alkanes) is 6. The lowest BCUT2D eigenvalue weighted by molar-refractivity contribution is 0.509. The monoisotopic (exact) mass is 1180 g/mol. The van der Waals surface area contributed by atoms with Crippen LogP contribution in [-0.4, -0.2) is 38.0 Å². The van der Waals surface area contributed by atoms with Crippen molar-refractivity contribution < 1.29 is 0 Å². The number of hydrogen-bond acceptors (Lipinski definition) is 1. The minimum Gasteiger partial charge on any atom is -0.154 e. The van der Waals surface area contributed by atoms with Gasteiger partial charge in [0.25, 0.3) is 0 Å². The highest BCUT2D eigenvalue weighted by Gasteiger charge is 2.53. The van der Waals surface area contributed by atoms with E-state index in [0.717, 1.165) is 0 Å². The summed E-state index contributed by atoms with van der Waals surface area (Å²) >= 11 is 0. The zero-order chi connectivity index (χ0) is 57.0. The molecule has 0 aliphatic heterocycles. The van der Waals surface area contributed by atoms with Gasteiger partial charge < -0.3 is 0 Å². The molecule has 0 amide bonds. The van der Waals surface area contributed by atoms with Gasteiger partial charge in [0.1, 0.15) is 10.6 Å². The fraction of sp³-hybridized carbons (Fsp3) is 0.667. The Hall–Kier alpha value is -1.43. The Kier molecular flexibility index (Phi) is 30.9. The molecular weight excluding hydrogens is 1050 g/mol. The normalized spacial score (nSPS) is 14.2. The summed E-state index contributed by atoms with van der Waals surface area (Å²) in [6.07, 6.45) is 30.6. The van der Waals surface area contributed by atoms with Gasteiger partial charge in [-0.2, -0.15) is 4.86 Å². The van der Waals surface area contributed by atoms with Crippen LogP contribution >= 0.6 is 15.5 Å². The standard InChI is InChI=1S/C72H124NP2Si4/c1-13-25-56-78(57-26-14-2,58-27-15-3)71-40-34-36-64(62-71)74(65-37-35-41-72(63-65)79(59-28-16-4,60-29-17-5)61-30-18-6)73-75(66-38-32-31-33-39-66,67-42-46-69(47-43-67)76(50-19-7,51-20-8)52-21-9)68-44-48-70(49-45-68)77(53-22-10,54-23-11)55-24-12/h34-37,40-49,62-63,66,73H,13-33,38-39,50-61H2,1-12H3/q+1. The summed E-state index contributed by atoms with van der Waals surface area (Å²) in [6, 6.07) is 60.9. The van der Waals surface area contributed by atoms with Crippen LogP contribution in [0.3, 0.4) is 0 Å². The molecule has 0 atom stereocenters. The fourth-order valence-electron chi connectivity index (χ4n) is 15.9. The largest absolute Gasteiger partial charge is 0.154 e. The first kappa shape index (κ1) is 68.3. The lowest BCUT2D eigenvalue weighted by Crippen LogP contribution is -2.50. The summed E-state index contributed by atoms with van der Waals surface area (Å²) in [5.74, 6) is 0. The van der Waals surface area contributed by atoms with E-state index in [1.165, 1.54) is 220 Å². The van der Waals surface area contributed by atoms with Gasteiger partial charge in [-0.3, -0.25) is 0 Å². The first-order valence-corrected chi connectivity index (χ1v) is 48.1. The van der Waals surface area contributed by atoms with E-state index in [4.69, 9.17) is 4.86 Å². The second-order valence-corrected chi connectivity index (χ2v) is 50.2. The third kappa shape index (κ3) is 17.6. The SMILES string of the molecule is CCCC[Si](CCCC)(CCCC)c1cccc(P(N[P+](c2ccc([Si](CCC)(CCC)CCC)cc2)(c2ccc([Si](CCC)(CCC)CCC)cc2)C2CCCCC2)c2cccc([Si](CCCC)(CCCC)CCCC)c2)c1. The average Bonchev–Trinajstić information content (AvgIpc) is 3.65. The summed E-state index contributed by atoms with van der Waals surface area (Å²) in [5, 5.41) is 13.6. The molecule has 0 unspecified atom stereocenters. The summed E-state index contributed by atoms with van der Waals surface area (Å²) in [4.78, 5) is 5.22. The Balaban J connectivity index is 1.96. The van der Waals surface area contributed by atoms with Gasteiger partial charge in [-0.25, -0.2) is 0 Å². The van der Waals surface area contributed by atoms with Crippen LogP contribution in [0.25, 0.3) is 0 Å². The second kappa shape index (κ2) is 35.8. The maximum atomic E-state index is 5.22. The molecule has 1 fully saturated rings. The highest BCUT2D eigenvalue weighted by molar-refractivity contribution is 7.96. The molecule has 1 nitrogen and oxygen atoms in total. The molecular formula is C72H124NP2Si4+. The van der Waals surface area contributed by atoms with Crippen molar-refractivity contribution >= 4 is 89.7 Å². The zero-order valence-electron chi connectivity index (χ0n) is 54.0. The average molecular weight is 1180 g/mol. The predicted octanol–water partition coefficient (Wildman–Crippen LogP) is 20.4. The number of nitrogens with one attached hydrogen (secondary N) is 1. The molecule has 442 valence electrons. The molecule has 0 heterocycles. The third-order valence-electron chi connectivity index (χ3n) is 20.0. The maximum Gasteiger partial charge on any atom is 0.153 e. The highest BCUT2D eigenvalue weighted by atomic mass is 31.2. The van der Waals surface area contributed by atoms with Crippen LogP contribution in [0.4, 0.5) is 0 Å². The Morgan fingerprint density at radius 2 is 0.633 bits per heavy atom. The number of benzene rings is 4. The summed E-state index contributed by atoms with van der Waals surface area (Å²) in [7, 11) is -10.2. The van der Waals surface area contributed by atoms with Crippen molar-refractivity contribution in [2.24, 2.45) is 0 Å². The molecule has 1 saturated carbocycles. The molecule has 1 aliphatic carbocycles. The van der Waals surface area contributed by atoms with Crippen molar-refractivity contribution in [3.8, 4) is 0 Å². The van der Waals surface area contributed by atoms with E-state index in [9.17, 15) is 0 Å². The van der Waals surface area contributed by atoms with Crippen LogP contribution in [0.15, 0.2) is 97.1 Å². The van der Waals surface area contributed by atoms with Crippen molar-refractivity contribution in [1.82, 2.24) is 4.86 Å². The van der Waals surface area contributed by atoms with Gasteiger partial charge in [0.15, 0.2) is 7.41 Å². The number of rotatable bonds is 41.